The first-order chi connectivity index (χ1) is 9.81. The van der Waals surface area contributed by atoms with E-state index in [-0.39, 0.29) is 0 Å². The van der Waals surface area contributed by atoms with Crippen LogP contribution >= 0.6 is 0 Å². The zero-order chi connectivity index (χ0) is 13.9. The van der Waals surface area contributed by atoms with Crippen LogP contribution in [-0.4, -0.2) is 27.3 Å². The maximum Gasteiger partial charge on any atom is 0.142 e. The standard InChI is InChI=1S/C15H14N4O/c1-3-4-10-5-6-11(14(7-10)20-2)15-18-12-8-16-17-9-13(12)19-15/h3,5-9H,1,4H2,2H3,(H,18,19). The van der Waals surface area contributed by atoms with Crippen molar-refractivity contribution < 1.29 is 4.74 Å². The van der Waals surface area contributed by atoms with Crippen LogP contribution in [0.3, 0.4) is 0 Å². The summed E-state index contributed by atoms with van der Waals surface area (Å²) in [6, 6.07) is 6.04. The second-order valence-corrected chi connectivity index (χ2v) is 4.40. The molecule has 0 spiro atoms. The third-order valence-corrected chi connectivity index (χ3v) is 3.10. The van der Waals surface area contributed by atoms with Crippen molar-refractivity contribution in [3.63, 3.8) is 0 Å². The summed E-state index contributed by atoms with van der Waals surface area (Å²) >= 11 is 0. The molecule has 5 nitrogen and oxygen atoms in total. The van der Waals surface area contributed by atoms with Gasteiger partial charge in [0.1, 0.15) is 17.1 Å². The number of aromatic nitrogens is 4. The fourth-order valence-electron chi connectivity index (χ4n) is 2.13. The number of nitrogens with zero attached hydrogens (tertiary/aromatic N) is 3. The number of methoxy groups -OCH3 is 1. The molecule has 3 rings (SSSR count). The lowest BCUT2D eigenvalue weighted by molar-refractivity contribution is 0.416. The smallest absolute Gasteiger partial charge is 0.142 e. The first-order valence-corrected chi connectivity index (χ1v) is 6.26. The Morgan fingerprint density at radius 3 is 2.90 bits per heavy atom. The van der Waals surface area contributed by atoms with Gasteiger partial charge in [0.25, 0.3) is 0 Å². The Balaban J connectivity index is 2.10. The van der Waals surface area contributed by atoms with Crippen molar-refractivity contribution in [1.82, 2.24) is 20.2 Å². The molecule has 0 amide bonds. The fourth-order valence-corrected chi connectivity index (χ4v) is 2.13. The van der Waals surface area contributed by atoms with E-state index >= 15 is 0 Å². The molecule has 0 aliphatic rings. The van der Waals surface area contributed by atoms with E-state index in [9.17, 15) is 0 Å². The quantitative estimate of drug-likeness (QED) is 0.737. The molecule has 0 fully saturated rings. The van der Waals surface area contributed by atoms with E-state index in [1.807, 2.05) is 24.3 Å². The Labute approximate surface area is 116 Å². The highest BCUT2D eigenvalue weighted by Gasteiger charge is 2.11. The van der Waals surface area contributed by atoms with E-state index in [4.69, 9.17) is 4.74 Å². The van der Waals surface area contributed by atoms with Crippen molar-refractivity contribution in [2.24, 2.45) is 0 Å². The molecular formula is C15H14N4O. The summed E-state index contributed by atoms with van der Waals surface area (Å²) in [5.41, 5.74) is 3.70. The molecule has 100 valence electrons. The lowest BCUT2D eigenvalue weighted by Gasteiger charge is -2.08. The van der Waals surface area contributed by atoms with Crippen LogP contribution in [0.1, 0.15) is 5.56 Å². The second kappa shape index (κ2) is 5.13. The van der Waals surface area contributed by atoms with Gasteiger partial charge in [-0.15, -0.1) is 6.58 Å². The van der Waals surface area contributed by atoms with E-state index in [1.54, 1.807) is 19.5 Å². The number of imidazole rings is 1. The van der Waals surface area contributed by atoms with Gasteiger partial charge in [-0.05, 0) is 24.1 Å². The summed E-state index contributed by atoms with van der Waals surface area (Å²) in [4.78, 5) is 7.73. The molecule has 0 saturated heterocycles. The van der Waals surface area contributed by atoms with Gasteiger partial charge in [-0.3, -0.25) is 0 Å². The number of allylic oxidation sites excluding steroid dienone is 1. The molecule has 0 unspecified atom stereocenters. The molecule has 0 bridgehead atoms. The van der Waals surface area contributed by atoms with E-state index in [2.05, 4.69) is 26.7 Å². The fraction of sp³-hybridized carbons (Fsp3) is 0.133. The van der Waals surface area contributed by atoms with Crippen molar-refractivity contribution >= 4 is 11.0 Å². The summed E-state index contributed by atoms with van der Waals surface area (Å²) in [6.07, 6.45) is 5.97. The third-order valence-electron chi connectivity index (χ3n) is 3.10. The third kappa shape index (κ3) is 2.14. The predicted octanol–water partition coefficient (Wildman–Crippen LogP) is 2.76. The summed E-state index contributed by atoms with van der Waals surface area (Å²) < 4.78 is 5.46. The summed E-state index contributed by atoms with van der Waals surface area (Å²) in [5, 5.41) is 7.66. The Kier molecular flexibility index (Phi) is 3.16. The molecule has 0 aliphatic heterocycles. The Hall–Kier alpha value is -2.69. The lowest BCUT2D eigenvalue weighted by atomic mass is 10.1. The molecule has 5 heteroatoms. The summed E-state index contributed by atoms with van der Waals surface area (Å²) in [6.45, 7) is 3.75. The predicted molar refractivity (Wildman–Crippen MR) is 77.6 cm³/mol. The van der Waals surface area contributed by atoms with Gasteiger partial charge in [0.15, 0.2) is 0 Å². The number of hydrogen-bond acceptors (Lipinski definition) is 4. The van der Waals surface area contributed by atoms with Crippen LogP contribution in [0.25, 0.3) is 22.4 Å². The van der Waals surface area contributed by atoms with Gasteiger partial charge >= 0.3 is 0 Å². The van der Waals surface area contributed by atoms with Gasteiger partial charge in [0.05, 0.1) is 30.6 Å². The summed E-state index contributed by atoms with van der Waals surface area (Å²) in [7, 11) is 1.66. The Bertz CT molecular complexity index is 730. The minimum Gasteiger partial charge on any atom is -0.496 e. The molecule has 0 saturated carbocycles. The Morgan fingerprint density at radius 1 is 1.30 bits per heavy atom. The van der Waals surface area contributed by atoms with Crippen molar-refractivity contribution in [2.45, 2.75) is 6.42 Å². The van der Waals surface area contributed by atoms with Crippen LogP contribution in [0.15, 0.2) is 43.2 Å². The van der Waals surface area contributed by atoms with Crippen molar-refractivity contribution in [3.05, 3.63) is 48.8 Å². The molecule has 1 N–H and O–H groups in total. The van der Waals surface area contributed by atoms with Crippen LogP contribution in [0.2, 0.25) is 0 Å². The van der Waals surface area contributed by atoms with Crippen molar-refractivity contribution in [1.29, 1.82) is 0 Å². The zero-order valence-electron chi connectivity index (χ0n) is 11.1. The zero-order valence-corrected chi connectivity index (χ0v) is 11.1. The van der Waals surface area contributed by atoms with Gasteiger partial charge in [-0.25, -0.2) is 4.98 Å². The minimum absolute atomic E-state index is 0.747. The monoisotopic (exact) mass is 266 g/mol. The van der Waals surface area contributed by atoms with E-state index in [0.29, 0.717) is 0 Å². The average molecular weight is 266 g/mol. The number of H-pyrrole nitrogens is 1. The highest BCUT2D eigenvalue weighted by atomic mass is 16.5. The van der Waals surface area contributed by atoms with Crippen LogP contribution in [0.4, 0.5) is 0 Å². The number of hydrogen-bond donors (Lipinski definition) is 1. The molecule has 0 radical (unpaired) electrons. The van der Waals surface area contributed by atoms with Gasteiger partial charge in [-0.1, -0.05) is 12.1 Å². The number of nitrogens with one attached hydrogen (secondary N) is 1. The first kappa shape index (κ1) is 12.3. The first-order valence-electron chi connectivity index (χ1n) is 6.26. The van der Waals surface area contributed by atoms with Crippen molar-refractivity contribution in [3.8, 4) is 17.1 Å². The molecule has 2 heterocycles. The van der Waals surface area contributed by atoms with Crippen LogP contribution in [0.5, 0.6) is 5.75 Å². The average Bonchev–Trinajstić information content (AvgIpc) is 2.91. The van der Waals surface area contributed by atoms with Gasteiger partial charge in [0, 0.05) is 0 Å². The normalized spacial score (nSPS) is 10.7. The lowest BCUT2D eigenvalue weighted by Crippen LogP contribution is -1.91. The van der Waals surface area contributed by atoms with E-state index < -0.39 is 0 Å². The van der Waals surface area contributed by atoms with E-state index in [1.165, 1.54) is 0 Å². The number of ether oxygens (including phenoxy) is 1. The van der Waals surface area contributed by atoms with Crippen LogP contribution in [0, 0.1) is 0 Å². The molecule has 0 aliphatic carbocycles. The topological polar surface area (TPSA) is 63.7 Å². The molecule has 20 heavy (non-hydrogen) atoms. The molecule has 3 aromatic rings. The Morgan fingerprint density at radius 2 is 2.15 bits per heavy atom. The minimum atomic E-state index is 0.747. The van der Waals surface area contributed by atoms with Crippen LogP contribution < -0.4 is 4.74 Å². The molecule has 1 aromatic carbocycles. The number of aromatic amines is 1. The number of rotatable bonds is 4. The van der Waals surface area contributed by atoms with Gasteiger partial charge < -0.3 is 9.72 Å². The highest BCUT2D eigenvalue weighted by Crippen LogP contribution is 2.30. The largest absolute Gasteiger partial charge is 0.496 e. The molecule has 2 aromatic heterocycles. The molecule has 0 atom stereocenters. The van der Waals surface area contributed by atoms with Gasteiger partial charge in [0.2, 0.25) is 0 Å². The van der Waals surface area contributed by atoms with Gasteiger partial charge in [-0.2, -0.15) is 10.2 Å². The number of benzene rings is 1. The van der Waals surface area contributed by atoms with Crippen LogP contribution in [-0.2, 0) is 6.42 Å². The number of fused-ring (bicyclic) bond motifs is 1. The second-order valence-electron chi connectivity index (χ2n) is 4.40. The van der Waals surface area contributed by atoms with Crippen molar-refractivity contribution in [2.75, 3.05) is 7.11 Å². The maximum absolute atomic E-state index is 5.46. The molecular weight excluding hydrogens is 252 g/mol. The van der Waals surface area contributed by atoms with E-state index in [0.717, 1.165) is 40.2 Å². The maximum atomic E-state index is 5.46. The summed E-state index contributed by atoms with van der Waals surface area (Å²) in [5.74, 6) is 1.53. The SMILES string of the molecule is C=CCc1ccc(-c2nc3cnncc3[nH]2)c(OC)c1. The highest BCUT2D eigenvalue weighted by molar-refractivity contribution is 5.79.